The van der Waals surface area contributed by atoms with Crippen LogP contribution in [0.3, 0.4) is 0 Å². The predicted octanol–water partition coefficient (Wildman–Crippen LogP) is 3.32. The third-order valence-corrected chi connectivity index (χ3v) is 1.12. The fourth-order valence-electron chi connectivity index (χ4n) is 0.338. The minimum absolute atomic E-state index is 0.292. The second-order valence-corrected chi connectivity index (χ2v) is 2.57. The molecule has 9 heteroatoms. The maximum atomic E-state index is 11.2. The first-order valence-electron chi connectivity index (χ1n) is 3.91. The van der Waals surface area contributed by atoms with Gasteiger partial charge in [-0.2, -0.15) is 22.0 Å². The van der Waals surface area contributed by atoms with E-state index in [1.54, 1.807) is 0 Å². The first kappa shape index (κ1) is 17.4. The highest BCUT2D eigenvalue weighted by atomic mass is 19.4. The predicted molar refractivity (Wildman–Crippen MR) is 39.5 cm³/mol. The molecule has 0 spiro atoms. The second-order valence-electron chi connectivity index (χ2n) is 2.57. The molecule has 0 fully saturated rings. The van der Waals surface area contributed by atoms with Gasteiger partial charge in [0.05, 0.1) is 0 Å². The van der Waals surface area contributed by atoms with Crippen molar-refractivity contribution in [3.8, 4) is 0 Å². The number of rotatable bonds is 3. The molecule has 0 aliphatic rings. The van der Waals surface area contributed by atoms with Crippen molar-refractivity contribution in [3.63, 3.8) is 0 Å². The highest BCUT2D eigenvalue weighted by Crippen LogP contribution is 2.39. The molecule has 98 valence electrons. The molecule has 16 heavy (non-hydrogen) atoms. The summed E-state index contributed by atoms with van der Waals surface area (Å²) in [4.78, 5) is 9.60. The van der Waals surface area contributed by atoms with Crippen LogP contribution in [0.2, 0.25) is 0 Å². The molecule has 0 aliphatic carbocycles. The Morgan fingerprint density at radius 2 is 1.56 bits per heavy atom. The van der Waals surface area contributed by atoms with Crippen molar-refractivity contribution in [3.05, 3.63) is 0 Å². The zero-order valence-corrected chi connectivity index (χ0v) is 7.99. The monoisotopic (exact) mass is 258 g/mol. The van der Waals surface area contributed by atoms with Crippen LogP contribution in [0.1, 0.15) is 19.8 Å². The molecule has 0 unspecified atom stereocenters. The van der Waals surface area contributed by atoms with Gasteiger partial charge < -0.3 is 5.11 Å². The van der Waals surface area contributed by atoms with Gasteiger partial charge in [0.15, 0.2) is 0 Å². The molecule has 0 radical (unpaired) electrons. The summed E-state index contributed by atoms with van der Waals surface area (Å²) >= 11 is 0. The number of alkyl halides is 7. The average Bonchev–Trinajstić information content (AvgIpc) is 2.02. The Balaban J connectivity index is 0. The van der Waals surface area contributed by atoms with Crippen LogP contribution in [0, 0.1) is 0 Å². The quantitative estimate of drug-likeness (QED) is 0.788. The number of carboxylic acids is 1. The first-order valence-corrected chi connectivity index (χ1v) is 3.91. The minimum Gasteiger partial charge on any atom is -0.481 e. The number of carboxylic acid groups (broad SMARTS) is 1. The molecule has 0 saturated heterocycles. The lowest BCUT2D eigenvalue weighted by molar-refractivity contribution is -0.320. The lowest BCUT2D eigenvalue weighted by Gasteiger charge is -2.17. The van der Waals surface area contributed by atoms with Crippen molar-refractivity contribution in [2.24, 2.45) is 0 Å². The van der Waals surface area contributed by atoms with Crippen LogP contribution in [-0.4, -0.2) is 29.6 Å². The molecule has 0 saturated carbocycles. The van der Waals surface area contributed by atoms with E-state index in [0.717, 1.165) is 6.42 Å². The van der Waals surface area contributed by atoms with Crippen LogP contribution in [0.5, 0.6) is 0 Å². The van der Waals surface area contributed by atoms with Gasteiger partial charge in [-0.3, -0.25) is 4.79 Å². The van der Waals surface area contributed by atoms with Crippen molar-refractivity contribution in [1.29, 1.82) is 0 Å². The lowest BCUT2D eigenvalue weighted by Crippen LogP contribution is -2.42. The summed E-state index contributed by atoms with van der Waals surface area (Å²) in [7, 11) is 0. The SMILES string of the molecule is CCCC(=O)O.FC(F)C(F)(F)C(F)(F)F. The summed E-state index contributed by atoms with van der Waals surface area (Å²) in [6.07, 6.45) is -9.84. The average molecular weight is 258 g/mol. The van der Waals surface area contributed by atoms with Crippen molar-refractivity contribution in [1.82, 2.24) is 0 Å². The van der Waals surface area contributed by atoms with Crippen molar-refractivity contribution in [2.75, 3.05) is 0 Å². The molecule has 0 amide bonds. The molecule has 0 aromatic rings. The highest BCUT2D eigenvalue weighted by molar-refractivity contribution is 5.66. The van der Waals surface area contributed by atoms with E-state index in [1.807, 2.05) is 6.92 Å². The van der Waals surface area contributed by atoms with Crippen molar-refractivity contribution < 1.29 is 40.6 Å². The van der Waals surface area contributed by atoms with E-state index in [-0.39, 0.29) is 0 Å². The number of carbonyl (C=O) groups is 1. The van der Waals surface area contributed by atoms with Crippen LogP contribution in [0.4, 0.5) is 30.7 Å². The summed E-state index contributed by atoms with van der Waals surface area (Å²) in [6.45, 7) is 1.84. The van der Waals surface area contributed by atoms with Crippen molar-refractivity contribution in [2.45, 2.75) is 38.3 Å². The molecule has 0 bridgehead atoms. The Hall–Kier alpha value is -1.02. The molecule has 0 atom stereocenters. The summed E-state index contributed by atoms with van der Waals surface area (Å²) in [5.74, 6) is -6.61. The lowest BCUT2D eigenvalue weighted by atomic mass is 10.3. The van der Waals surface area contributed by atoms with E-state index in [9.17, 15) is 35.5 Å². The van der Waals surface area contributed by atoms with E-state index in [1.165, 1.54) is 0 Å². The third-order valence-electron chi connectivity index (χ3n) is 1.12. The first-order chi connectivity index (χ1) is 6.96. The van der Waals surface area contributed by atoms with Gasteiger partial charge in [-0.25, -0.2) is 8.78 Å². The van der Waals surface area contributed by atoms with E-state index >= 15 is 0 Å². The Labute approximate surface area is 86.0 Å². The second kappa shape index (κ2) is 6.54. The van der Waals surface area contributed by atoms with Gasteiger partial charge >= 0.3 is 24.5 Å². The third kappa shape index (κ3) is 6.46. The summed E-state index contributed by atoms with van der Waals surface area (Å²) in [5, 5.41) is 7.91. The van der Waals surface area contributed by atoms with Gasteiger partial charge in [0.25, 0.3) is 0 Å². The Morgan fingerprint density at radius 3 is 1.56 bits per heavy atom. The van der Waals surface area contributed by atoms with Crippen LogP contribution >= 0.6 is 0 Å². The number of hydrogen-bond acceptors (Lipinski definition) is 1. The van der Waals surface area contributed by atoms with Gasteiger partial charge in [0.2, 0.25) is 0 Å². The maximum Gasteiger partial charge on any atom is 0.459 e. The molecule has 2 nitrogen and oxygen atoms in total. The maximum absolute atomic E-state index is 11.2. The molecule has 0 aromatic carbocycles. The zero-order chi connectivity index (χ0) is 13.6. The van der Waals surface area contributed by atoms with Crippen LogP contribution in [0.25, 0.3) is 0 Å². The Kier molecular flexibility index (Phi) is 7.10. The zero-order valence-electron chi connectivity index (χ0n) is 7.99. The topological polar surface area (TPSA) is 37.3 Å². The highest BCUT2D eigenvalue weighted by Gasteiger charge is 2.64. The van der Waals surface area contributed by atoms with Crippen LogP contribution in [-0.2, 0) is 4.79 Å². The molecule has 0 aromatic heterocycles. The molecular formula is C7H9F7O2. The summed E-state index contributed by atoms with van der Waals surface area (Å²) < 4.78 is 76.6. The largest absolute Gasteiger partial charge is 0.481 e. The molecule has 0 aliphatic heterocycles. The van der Waals surface area contributed by atoms with Gasteiger partial charge in [0, 0.05) is 6.42 Å². The fourth-order valence-corrected chi connectivity index (χ4v) is 0.338. The molecular weight excluding hydrogens is 249 g/mol. The van der Waals surface area contributed by atoms with Gasteiger partial charge in [-0.1, -0.05) is 6.92 Å². The Morgan fingerprint density at radius 1 is 1.19 bits per heavy atom. The van der Waals surface area contributed by atoms with Crippen molar-refractivity contribution >= 4 is 5.97 Å². The number of aliphatic carboxylic acids is 1. The Bertz CT molecular complexity index is 211. The van der Waals surface area contributed by atoms with Gasteiger partial charge in [0.1, 0.15) is 0 Å². The van der Waals surface area contributed by atoms with E-state index in [0.29, 0.717) is 6.42 Å². The van der Waals surface area contributed by atoms with E-state index in [4.69, 9.17) is 5.11 Å². The standard InChI is InChI=1S/C4H8O2.C3HF7/c1-2-3-4(5)6;4-1(5)2(6,7)3(8,9)10/h2-3H2,1H3,(H,5,6);1H. The molecule has 0 heterocycles. The smallest absolute Gasteiger partial charge is 0.459 e. The minimum atomic E-state index is -6.17. The van der Waals surface area contributed by atoms with Gasteiger partial charge in [-0.15, -0.1) is 0 Å². The molecule has 0 rings (SSSR count). The fraction of sp³-hybridized carbons (Fsp3) is 0.857. The van der Waals surface area contributed by atoms with Gasteiger partial charge in [-0.05, 0) is 6.42 Å². The molecule has 1 N–H and O–H groups in total. The number of halogens is 7. The number of hydrogen-bond donors (Lipinski definition) is 1. The van der Waals surface area contributed by atoms with E-state index in [2.05, 4.69) is 0 Å². The van der Waals surface area contributed by atoms with Crippen LogP contribution in [0.15, 0.2) is 0 Å². The summed E-state index contributed by atoms with van der Waals surface area (Å²) in [6, 6.07) is 0. The van der Waals surface area contributed by atoms with Crippen LogP contribution < -0.4 is 0 Å². The summed E-state index contributed by atoms with van der Waals surface area (Å²) in [5.41, 5.74) is 0. The van der Waals surface area contributed by atoms with E-state index < -0.39 is 24.5 Å². The normalized spacial score (nSPS) is 12.1.